The predicted molar refractivity (Wildman–Crippen MR) is 104 cm³/mol. The summed E-state index contributed by atoms with van der Waals surface area (Å²) >= 11 is 6.03. The molecule has 0 fully saturated rings. The first kappa shape index (κ1) is 18.5. The number of hydrogen-bond donors (Lipinski definition) is 2. The number of carbonyl (C=O) groups excluding carboxylic acids is 1. The third-order valence-corrected chi connectivity index (χ3v) is 3.86. The molecule has 3 aromatic rings. The number of carbonyl (C=O) groups is 1. The van der Waals surface area contributed by atoms with Gasteiger partial charge in [-0.05, 0) is 36.4 Å². The van der Waals surface area contributed by atoms with E-state index in [4.69, 9.17) is 21.1 Å². The van der Waals surface area contributed by atoms with E-state index < -0.39 is 0 Å². The summed E-state index contributed by atoms with van der Waals surface area (Å²) in [6, 6.07) is 13.7. The lowest BCUT2D eigenvalue weighted by Gasteiger charge is -2.11. The van der Waals surface area contributed by atoms with Crippen LogP contribution in [-0.4, -0.2) is 30.1 Å². The van der Waals surface area contributed by atoms with Crippen LogP contribution in [0.25, 0.3) is 0 Å². The molecule has 27 heavy (non-hydrogen) atoms. The smallest absolute Gasteiger partial charge is 0.274 e. The lowest BCUT2D eigenvalue weighted by atomic mass is 10.3. The van der Waals surface area contributed by atoms with E-state index in [1.165, 1.54) is 12.3 Å². The van der Waals surface area contributed by atoms with Crippen molar-refractivity contribution in [1.82, 2.24) is 9.97 Å². The highest BCUT2D eigenvalue weighted by Crippen LogP contribution is 2.29. The minimum absolute atomic E-state index is 0.205. The summed E-state index contributed by atoms with van der Waals surface area (Å²) in [4.78, 5) is 20.9. The second-order valence-electron chi connectivity index (χ2n) is 5.42. The number of rotatable bonds is 6. The first-order valence-corrected chi connectivity index (χ1v) is 8.36. The van der Waals surface area contributed by atoms with Crippen molar-refractivity contribution in [3.05, 3.63) is 65.4 Å². The van der Waals surface area contributed by atoms with Crippen molar-refractivity contribution in [1.29, 1.82) is 0 Å². The highest BCUT2D eigenvalue weighted by Gasteiger charge is 2.11. The molecule has 2 N–H and O–H groups in total. The number of amides is 1. The Labute approximate surface area is 161 Å². The first-order chi connectivity index (χ1) is 13.1. The molecule has 0 atom stereocenters. The molecule has 0 unspecified atom stereocenters. The fraction of sp³-hybridized carbons (Fsp3) is 0.105. The Bertz CT molecular complexity index is 965. The monoisotopic (exact) mass is 384 g/mol. The van der Waals surface area contributed by atoms with Crippen molar-refractivity contribution in [2.24, 2.45) is 0 Å². The van der Waals surface area contributed by atoms with Gasteiger partial charge in [0, 0.05) is 23.0 Å². The normalized spacial score (nSPS) is 10.2. The molecular weight excluding hydrogens is 368 g/mol. The summed E-state index contributed by atoms with van der Waals surface area (Å²) in [5, 5.41) is 6.32. The standard InChI is InChI=1S/C19H17ClN4O3/c1-26-14-5-3-4-13(11-14)22-18(25)15-8-9-21-19(23-15)24-16-10-12(20)6-7-17(16)27-2/h3-11H,1-2H3,(H,22,25)(H,21,23,24). The van der Waals surface area contributed by atoms with Gasteiger partial charge >= 0.3 is 0 Å². The van der Waals surface area contributed by atoms with Gasteiger partial charge in [-0.25, -0.2) is 9.97 Å². The van der Waals surface area contributed by atoms with Gasteiger partial charge in [0.2, 0.25) is 5.95 Å². The van der Waals surface area contributed by atoms with Crippen LogP contribution >= 0.6 is 11.6 Å². The summed E-state index contributed by atoms with van der Waals surface area (Å²) < 4.78 is 10.4. The van der Waals surface area contributed by atoms with Crippen LogP contribution in [0.5, 0.6) is 11.5 Å². The molecule has 3 rings (SSSR count). The molecule has 0 aliphatic heterocycles. The van der Waals surface area contributed by atoms with Gasteiger partial charge in [0.05, 0.1) is 19.9 Å². The Morgan fingerprint density at radius 2 is 1.93 bits per heavy atom. The first-order valence-electron chi connectivity index (χ1n) is 7.98. The second kappa shape index (κ2) is 8.37. The van der Waals surface area contributed by atoms with Gasteiger partial charge in [0.1, 0.15) is 17.2 Å². The summed E-state index contributed by atoms with van der Waals surface area (Å²) in [6.07, 6.45) is 1.49. The fourth-order valence-electron chi connectivity index (χ4n) is 2.34. The van der Waals surface area contributed by atoms with E-state index in [1.807, 2.05) is 0 Å². The fourth-order valence-corrected chi connectivity index (χ4v) is 2.51. The van der Waals surface area contributed by atoms with Crippen molar-refractivity contribution in [2.45, 2.75) is 0 Å². The van der Waals surface area contributed by atoms with Crippen LogP contribution in [0.1, 0.15) is 10.5 Å². The molecule has 1 amide bonds. The Balaban J connectivity index is 1.79. The van der Waals surface area contributed by atoms with Crippen molar-refractivity contribution in [3.63, 3.8) is 0 Å². The molecular formula is C19H17ClN4O3. The summed E-state index contributed by atoms with van der Waals surface area (Å²) in [5.41, 5.74) is 1.40. The van der Waals surface area contributed by atoms with Crippen molar-refractivity contribution < 1.29 is 14.3 Å². The van der Waals surface area contributed by atoms with Gasteiger partial charge in [-0.1, -0.05) is 17.7 Å². The van der Waals surface area contributed by atoms with E-state index >= 15 is 0 Å². The van der Waals surface area contributed by atoms with E-state index in [2.05, 4.69) is 20.6 Å². The van der Waals surface area contributed by atoms with E-state index in [0.717, 1.165) is 0 Å². The molecule has 0 aliphatic rings. The number of hydrogen-bond acceptors (Lipinski definition) is 6. The Hall–Kier alpha value is -3.32. The number of nitrogens with zero attached hydrogens (tertiary/aromatic N) is 2. The molecule has 2 aromatic carbocycles. The van der Waals surface area contributed by atoms with Gasteiger partial charge < -0.3 is 20.1 Å². The molecule has 1 heterocycles. The molecule has 1 aromatic heterocycles. The van der Waals surface area contributed by atoms with Crippen LogP contribution in [-0.2, 0) is 0 Å². The maximum absolute atomic E-state index is 12.5. The molecule has 0 radical (unpaired) electrons. The van der Waals surface area contributed by atoms with Crippen LogP contribution in [0.4, 0.5) is 17.3 Å². The second-order valence-corrected chi connectivity index (χ2v) is 5.86. The maximum atomic E-state index is 12.5. The predicted octanol–water partition coefficient (Wildman–Crippen LogP) is 4.14. The van der Waals surface area contributed by atoms with Crippen LogP contribution in [0.2, 0.25) is 5.02 Å². The van der Waals surface area contributed by atoms with Gasteiger partial charge in [-0.15, -0.1) is 0 Å². The van der Waals surface area contributed by atoms with Crippen molar-refractivity contribution in [3.8, 4) is 11.5 Å². The third kappa shape index (κ3) is 4.65. The average Bonchev–Trinajstić information content (AvgIpc) is 2.68. The number of benzene rings is 2. The molecule has 0 bridgehead atoms. The topological polar surface area (TPSA) is 85.4 Å². The number of anilines is 3. The quantitative estimate of drug-likeness (QED) is 0.664. The number of aromatic nitrogens is 2. The zero-order valence-electron chi connectivity index (χ0n) is 14.7. The lowest BCUT2D eigenvalue weighted by molar-refractivity contribution is 0.102. The van der Waals surface area contributed by atoms with E-state index in [9.17, 15) is 4.79 Å². The zero-order valence-corrected chi connectivity index (χ0v) is 15.4. The molecule has 0 saturated heterocycles. The lowest BCUT2D eigenvalue weighted by Crippen LogP contribution is -2.14. The Morgan fingerprint density at radius 1 is 1.07 bits per heavy atom. The molecule has 0 saturated carbocycles. The van der Waals surface area contributed by atoms with Gasteiger partial charge in [-0.2, -0.15) is 0 Å². The number of ether oxygens (including phenoxy) is 2. The third-order valence-electron chi connectivity index (χ3n) is 3.62. The molecule has 0 spiro atoms. The van der Waals surface area contributed by atoms with E-state index in [0.29, 0.717) is 27.9 Å². The maximum Gasteiger partial charge on any atom is 0.274 e. The minimum Gasteiger partial charge on any atom is -0.497 e. The number of nitrogens with one attached hydrogen (secondary N) is 2. The van der Waals surface area contributed by atoms with Gasteiger partial charge in [0.25, 0.3) is 5.91 Å². The minimum atomic E-state index is -0.369. The largest absolute Gasteiger partial charge is 0.497 e. The Morgan fingerprint density at radius 3 is 2.70 bits per heavy atom. The zero-order chi connectivity index (χ0) is 19.2. The van der Waals surface area contributed by atoms with Crippen LogP contribution < -0.4 is 20.1 Å². The highest BCUT2D eigenvalue weighted by atomic mass is 35.5. The molecule has 138 valence electrons. The van der Waals surface area contributed by atoms with Gasteiger partial charge in [0.15, 0.2) is 0 Å². The van der Waals surface area contributed by atoms with Gasteiger partial charge in [-0.3, -0.25) is 4.79 Å². The summed E-state index contributed by atoms with van der Waals surface area (Å²) in [5.74, 6) is 1.10. The average molecular weight is 385 g/mol. The molecule has 0 aliphatic carbocycles. The Kier molecular flexibility index (Phi) is 5.73. The molecule has 7 nitrogen and oxygen atoms in total. The number of halogens is 1. The summed E-state index contributed by atoms with van der Waals surface area (Å²) in [7, 11) is 3.11. The number of methoxy groups -OCH3 is 2. The van der Waals surface area contributed by atoms with Crippen molar-refractivity contribution >= 4 is 34.8 Å². The summed E-state index contributed by atoms with van der Waals surface area (Å²) in [6.45, 7) is 0. The SMILES string of the molecule is COc1cccc(NC(=O)c2ccnc(Nc3cc(Cl)ccc3OC)n2)c1. The van der Waals surface area contributed by atoms with E-state index in [1.54, 1.807) is 56.7 Å². The van der Waals surface area contributed by atoms with Crippen LogP contribution in [0.15, 0.2) is 54.7 Å². The van der Waals surface area contributed by atoms with Crippen LogP contribution in [0.3, 0.4) is 0 Å². The van der Waals surface area contributed by atoms with E-state index in [-0.39, 0.29) is 17.5 Å². The van der Waals surface area contributed by atoms with Crippen LogP contribution in [0, 0.1) is 0 Å². The van der Waals surface area contributed by atoms with Crippen molar-refractivity contribution in [2.75, 3.05) is 24.9 Å². The molecule has 8 heteroatoms. The highest BCUT2D eigenvalue weighted by molar-refractivity contribution is 6.31.